The molecule has 0 saturated carbocycles. The molecule has 160 valence electrons. The summed E-state index contributed by atoms with van der Waals surface area (Å²) in [6.07, 6.45) is -0.250. The summed E-state index contributed by atoms with van der Waals surface area (Å²) < 4.78 is 15.4. The Morgan fingerprint density at radius 3 is 2.37 bits per heavy atom. The Balaban J connectivity index is 1.80. The lowest BCUT2D eigenvalue weighted by molar-refractivity contribution is -0.153. The second kappa shape index (κ2) is 11.4. The molecule has 0 spiro atoms. The largest absolute Gasteiger partial charge is 0.477 e. The fourth-order valence-corrected chi connectivity index (χ4v) is 2.68. The van der Waals surface area contributed by atoms with Crippen molar-refractivity contribution in [3.05, 3.63) is 58.1 Å². The number of carbonyl (C=O) groups excluding carboxylic acids is 3. The van der Waals surface area contributed by atoms with Crippen LogP contribution in [-0.2, 0) is 19.1 Å². The standard InChI is InChI=1S/C21H21Cl2NO6/c1-3-10-28-21(27)14-4-7-16(8-5-14)24-19(25)12-29-20(26)13(2)30-18-9-6-15(22)11-17(18)23/h4-9,11,13H,3,10,12H2,1-2H3,(H,24,25)/t13-/m1/s1. The molecule has 0 aliphatic carbocycles. The molecular weight excluding hydrogens is 433 g/mol. The van der Waals surface area contributed by atoms with Crippen LogP contribution in [0.25, 0.3) is 0 Å². The number of ether oxygens (including phenoxy) is 3. The van der Waals surface area contributed by atoms with E-state index in [-0.39, 0.29) is 10.8 Å². The summed E-state index contributed by atoms with van der Waals surface area (Å²) in [7, 11) is 0. The van der Waals surface area contributed by atoms with Crippen LogP contribution in [0.4, 0.5) is 5.69 Å². The van der Waals surface area contributed by atoms with Gasteiger partial charge in [0.15, 0.2) is 12.7 Å². The van der Waals surface area contributed by atoms with Crippen molar-refractivity contribution in [2.24, 2.45) is 0 Å². The number of benzene rings is 2. The molecule has 1 amide bonds. The minimum Gasteiger partial charge on any atom is -0.477 e. The van der Waals surface area contributed by atoms with Gasteiger partial charge in [-0.3, -0.25) is 4.79 Å². The maximum absolute atomic E-state index is 12.0. The third kappa shape index (κ3) is 7.24. The highest BCUT2D eigenvalue weighted by molar-refractivity contribution is 6.35. The normalized spacial score (nSPS) is 11.3. The van der Waals surface area contributed by atoms with Crippen molar-refractivity contribution in [3.8, 4) is 5.75 Å². The molecule has 2 rings (SSSR count). The van der Waals surface area contributed by atoms with Crippen molar-refractivity contribution in [1.29, 1.82) is 0 Å². The summed E-state index contributed by atoms with van der Waals surface area (Å²) >= 11 is 11.8. The summed E-state index contributed by atoms with van der Waals surface area (Å²) in [5.74, 6) is -1.43. The van der Waals surface area contributed by atoms with Crippen molar-refractivity contribution >= 4 is 46.7 Å². The van der Waals surface area contributed by atoms with Crippen molar-refractivity contribution < 1.29 is 28.6 Å². The van der Waals surface area contributed by atoms with E-state index >= 15 is 0 Å². The van der Waals surface area contributed by atoms with E-state index in [9.17, 15) is 14.4 Å². The number of rotatable bonds is 9. The molecular formula is C21H21Cl2NO6. The first-order chi connectivity index (χ1) is 14.3. The lowest BCUT2D eigenvalue weighted by Crippen LogP contribution is -2.29. The molecule has 0 unspecified atom stereocenters. The molecule has 1 atom stereocenters. The maximum atomic E-state index is 12.0. The maximum Gasteiger partial charge on any atom is 0.347 e. The SMILES string of the molecule is CCCOC(=O)c1ccc(NC(=O)COC(=O)[C@@H](C)Oc2ccc(Cl)cc2Cl)cc1. The summed E-state index contributed by atoms with van der Waals surface area (Å²) in [6, 6.07) is 10.8. The molecule has 0 radical (unpaired) electrons. The second-order valence-corrected chi connectivity index (χ2v) is 7.05. The lowest BCUT2D eigenvalue weighted by Gasteiger charge is -2.15. The zero-order chi connectivity index (χ0) is 22.1. The second-order valence-electron chi connectivity index (χ2n) is 6.20. The predicted molar refractivity (Wildman–Crippen MR) is 113 cm³/mol. The number of amides is 1. The van der Waals surface area contributed by atoms with Crippen molar-refractivity contribution in [3.63, 3.8) is 0 Å². The van der Waals surface area contributed by atoms with Crippen LogP contribution < -0.4 is 10.1 Å². The quantitative estimate of drug-likeness (QED) is 0.561. The molecule has 0 aromatic heterocycles. The highest BCUT2D eigenvalue weighted by atomic mass is 35.5. The number of nitrogens with one attached hydrogen (secondary N) is 1. The molecule has 0 saturated heterocycles. The first-order valence-corrected chi connectivity index (χ1v) is 9.91. The molecule has 0 bridgehead atoms. The van der Waals surface area contributed by atoms with E-state index in [4.69, 9.17) is 37.4 Å². The molecule has 7 nitrogen and oxygen atoms in total. The molecule has 0 aliphatic heterocycles. The van der Waals surface area contributed by atoms with Crippen LogP contribution in [0.15, 0.2) is 42.5 Å². The van der Waals surface area contributed by atoms with Gasteiger partial charge >= 0.3 is 11.9 Å². The van der Waals surface area contributed by atoms with Gasteiger partial charge in [0.25, 0.3) is 5.91 Å². The first-order valence-electron chi connectivity index (χ1n) is 9.15. The van der Waals surface area contributed by atoms with Crippen molar-refractivity contribution in [1.82, 2.24) is 0 Å². The summed E-state index contributed by atoms with van der Waals surface area (Å²) in [5.41, 5.74) is 0.819. The van der Waals surface area contributed by atoms with E-state index in [0.29, 0.717) is 22.9 Å². The van der Waals surface area contributed by atoms with Gasteiger partial charge < -0.3 is 19.5 Å². The van der Waals surface area contributed by atoms with Crippen LogP contribution in [0.1, 0.15) is 30.6 Å². The molecule has 1 N–H and O–H groups in total. The topological polar surface area (TPSA) is 90.9 Å². The fourth-order valence-electron chi connectivity index (χ4n) is 2.23. The van der Waals surface area contributed by atoms with Crippen LogP contribution in [0, 0.1) is 0 Å². The molecule has 2 aromatic rings. The minimum absolute atomic E-state index is 0.252. The summed E-state index contributed by atoms with van der Waals surface area (Å²) in [4.78, 5) is 35.8. The third-order valence-electron chi connectivity index (χ3n) is 3.72. The Morgan fingerprint density at radius 2 is 1.73 bits per heavy atom. The van der Waals surface area contributed by atoms with Gasteiger partial charge in [-0.05, 0) is 55.8 Å². The monoisotopic (exact) mass is 453 g/mol. The Hall–Kier alpha value is -2.77. The molecule has 30 heavy (non-hydrogen) atoms. The number of halogens is 2. The van der Waals surface area contributed by atoms with Gasteiger partial charge in [-0.2, -0.15) is 0 Å². The number of esters is 2. The predicted octanol–water partition coefficient (Wildman–Crippen LogP) is 4.51. The number of carbonyl (C=O) groups is 3. The van der Waals surface area contributed by atoms with Crippen molar-refractivity contribution in [2.45, 2.75) is 26.4 Å². The summed E-state index contributed by atoms with van der Waals surface area (Å²) in [6.45, 7) is 3.22. The number of hydrogen-bond acceptors (Lipinski definition) is 6. The Morgan fingerprint density at radius 1 is 1.03 bits per heavy atom. The van der Waals surface area contributed by atoms with Crippen LogP contribution in [-0.4, -0.2) is 37.2 Å². The zero-order valence-corrected chi connectivity index (χ0v) is 18.0. The van der Waals surface area contributed by atoms with Gasteiger partial charge in [0.05, 0.1) is 17.2 Å². The zero-order valence-electron chi connectivity index (χ0n) is 16.4. The Bertz CT molecular complexity index is 901. The van der Waals surface area contributed by atoms with Crippen LogP contribution in [0.3, 0.4) is 0 Å². The average molecular weight is 454 g/mol. The van der Waals surface area contributed by atoms with Gasteiger partial charge in [0.2, 0.25) is 0 Å². The van der Waals surface area contributed by atoms with Crippen molar-refractivity contribution in [2.75, 3.05) is 18.5 Å². The molecule has 0 heterocycles. The molecule has 2 aromatic carbocycles. The first kappa shape index (κ1) is 23.5. The fraction of sp³-hybridized carbons (Fsp3) is 0.286. The lowest BCUT2D eigenvalue weighted by atomic mass is 10.2. The van der Waals surface area contributed by atoms with Gasteiger partial charge in [-0.15, -0.1) is 0 Å². The van der Waals surface area contributed by atoms with Gasteiger partial charge in [-0.25, -0.2) is 9.59 Å². The Labute approximate surface area is 184 Å². The molecule has 0 fully saturated rings. The summed E-state index contributed by atoms with van der Waals surface area (Å²) in [5, 5.41) is 3.25. The highest BCUT2D eigenvalue weighted by Gasteiger charge is 2.19. The average Bonchev–Trinajstić information content (AvgIpc) is 2.72. The van der Waals surface area contributed by atoms with Gasteiger partial charge in [0.1, 0.15) is 5.75 Å². The molecule has 9 heteroatoms. The van der Waals surface area contributed by atoms with E-state index in [1.165, 1.54) is 31.2 Å². The van der Waals surface area contributed by atoms with E-state index < -0.39 is 30.6 Å². The van der Waals surface area contributed by atoms with Gasteiger partial charge in [0, 0.05) is 10.7 Å². The van der Waals surface area contributed by atoms with Crippen LogP contribution in [0.2, 0.25) is 10.0 Å². The minimum atomic E-state index is -0.982. The van der Waals surface area contributed by atoms with E-state index in [1.807, 2.05) is 6.92 Å². The van der Waals surface area contributed by atoms with E-state index in [2.05, 4.69) is 5.32 Å². The van der Waals surface area contributed by atoms with Crippen LogP contribution >= 0.6 is 23.2 Å². The Kier molecular flexibility index (Phi) is 8.95. The third-order valence-corrected chi connectivity index (χ3v) is 4.25. The van der Waals surface area contributed by atoms with Crippen LogP contribution in [0.5, 0.6) is 5.75 Å². The molecule has 0 aliphatic rings. The highest BCUT2D eigenvalue weighted by Crippen LogP contribution is 2.28. The number of hydrogen-bond donors (Lipinski definition) is 1. The van der Waals surface area contributed by atoms with E-state index in [0.717, 1.165) is 6.42 Å². The van der Waals surface area contributed by atoms with Gasteiger partial charge in [-0.1, -0.05) is 30.1 Å². The van der Waals surface area contributed by atoms with E-state index in [1.54, 1.807) is 18.2 Å². The number of anilines is 1. The smallest absolute Gasteiger partial charge is 0.347 e.